The van der Waals surface area contributed by atoms with Gasteiger partial charge in [0.2, 0.25) is 0 Å². The fourth-order valence-corrected chi connectivity index (χ4v) is 1.87. The molecule has 1 amide bonds. The summed E-state index contributed by atoms with van der Waals surface area (Å²) in [6, 6.07) is 12.8. The number of benzene rings is 2. The highest BCUT2D eigenvalue weighted by Crippen LogP contribution is 2.27. The molecular weight excluding hydrogens is 252 g/mol. The summed E-state index contributed by atoms with van der Waals surface area (Å²) in [4.78, 5) is 12.3. The van der Waals surface area contributed by atoms with Crippen LogP contribution in [0, 0.1) is 6.92 Å². The van der Waals surface area contributed by atoms with Crippen molar-refractivity contribution in [3.05, 3.63) is 53.6 Å². The standard InChI is InChI=1S/C16H18N2O2/c1-3-20-15-13(5-4-6-14(15)17)16(19)18-12-9-7-11(2)8-10-12/h4-10H,3,17H2,1-2H3,(H,18,19). The molecule has 0 aliphatic carbocycles. The van der Waals surface area contributed by atoms with Crippen molar-refractivity contribution < 1.29 is 9.53 Å². The lowest BCUT2D eigenvalue weighted by Crippen LogP contribution is -2.14. The maximum Gasteiger partial charge on any atom is 0.259 e. The predicted octanol–water partition coefficient (Wildman–Crippen LogP) is 3.23. The van der Waals surface area contributed by atoms with Gasteiger partial charge in [0, 0.05) is 5.69 Å². The van der Waals surface area contributed by atoms with Gasteiger partial charge in [0.05, 0.1) is 17.9 Å². The van der Waals surface area contributed by atoms with E-state index in [0.29, 0.717) is 23.6 Å². The van der Waals surface area contributed by atoms with E-state index in [-0.39, 0.29) is 5.91 Å². The fourth-order valence-electron chi connectivity index (χ4n) is 1.87. The van der Waals surface area contributed by atoms with E-state index in [4.69, 9.17) is 10.5 Å². The van der Waals surface area contributed by atoms with Gasteiger partial charge >= 0.3 is 0 Å². The second kappa shape index (κ2) is 6.10. The van der Waals surface area contributed by atoms with Crippen molar-refractivity contribution in [2.24, 2.45) is 0 Å². The number of rotatable bonds is 4. The van der Waals surface area contributed by atoms with Crippen molar-refractivity contribution in [1.82, 2.24) is 0 Å². The summed E-state index contributed by atoms with van der Waals surface area (Å²) < 4.78 is 5.46. The largest absolute Gasteiger partial charge is 0.491 e. The van der Waals surface area contributed by atoms with Crippen LogP contribution in [0.1, 0.15) is 22.8 Å². The molecule has 4 nitrogen and oxygen atoms in total. The first-order valence-electron chi connectivity index (χ1n) is 6.51. The van der Waals surface area contributed by atoms with Crippen molar-refractivity contribution in [3.8, 4) is 5.75 Å². The molecule has 0 fully saturated rings. The smallest absolute Gasteiger partial charge is 0.259 e. The number of carbonyl (C=O) groups excluding carboxylic acids is 1. The number of hydrogen-bond donors (Lipinski definition) is 2. The highest BCUT2D eigenvalue weighted by Gasteiger charge is 2.14. The minimum Gasteiger partial charge on any atom is -0.491 e. The zero-order valence-electron chi connectivity index (χ0n) is 11.6. The van der Waals surface area contributed by atoms with Gasteiger partial charge in [-0.25, -0.2) is 0 Å². The second-order valence-electron chi connectivity index (χ2n) is 4.48. The number of aryl methyl sites for hydroxylation is 1. The van der Waals surface area contributed by atoms with E-state index >= 15 is 0 Å². The van der Waals surface area contributed by atoms with Crippen molar-refractivity contribution in [2.75, 3.05) is 17.7 Å². The molecule has 0 heterocycles. The van der Waals surface area contributed by atoms with E-state index < -0.39 is 0 Å². The molecule has 0 bridgehead atoms. The Morgan fingerprint density at radius 1 is 1.20 bits per heavy atom. The predicted molar refractivity (Wildman–Crippen MR) is 81.2 cm³/mol. The van der Waals surface area contributed by atoms with Gasteiger partial charge in [0.25, 0.3) is 5.91 Å². The van der Waals surface area contributed by atoms with Crippen molar-refractivity contribution >= 4 is 17.3 Å². The minimum absolute atomic E-state index is 0.232. The highest BCUT2D eigenvalue weighted by atomic mass is 16.5. The number of nitrogen functional groups attached to an aromatic ring is 1. The Morgan fingerprint density at radius 2 is 1.90 bits per heavy atom. The molecule has 0 atom stereocenters. The topological polar surface area (TPSA) is 64.3 Å². The summed E-state index contributed by atoms with van der Waals surface area (Å²) in [6.07, 6.45) is 0. The van der Waals surface area contributed by atoms with Crippen LogP contribution in [0.3, 0.4) is 0 Å². The Morgan fingerprint density at radius 3 is 2.55 bits per heavy atom. The number of nitrogens with two attached hydrogens (primary N) is 1. The molecule has 2 rings (SSSR count). The first-order valence-corrected chi connectivity index (χ1v) is 6.51. The summed E-state index contributed by atoms with van der Waals surface area (Å²) >= 11 is 0. The Balaban J connectivity index is 2.25. The third-order valence-electron chi connectivity index (χ3n) is 2.89. The minimum atomic E-state index is -0.232. The molecule has 104 valence electrons. The maximum absolute atomic E-state index is 12.3. The van der Waals surface area contributed by atoms with Gasteiger partial charge in [-0.3, -0.25) is 4.79 Å². The van der Waals surface area contributed by atoms with Crippen molar-refractivity contribution in [1.29, 1.82) is 0 Å². The van der Waals surface area contributed by atoms with Crippen LogP contribution < -0.4 is 15.8 Å². The Kier molecular flexibility index (Phi) is 4.25. The van der Waals surface area contributed by atoms with Crippen LogP contribution in [-0.2, 0) is 0 Å². The van der Waals surface area contributed by atoms with Crippen LogP contribution >= 0.6 is 0 Å². The first-order chi connectivity index (χ1) is 9.61. The van der Waals surface area contributed by atoms with Gasteiger partial charge in [-0.05, 0) is 38.1 Å². The molecule has 4 heteroatoms. The van der Waals surface area contributed by atoms with E-state index in [1.54, 1.807) is 18.2 Å². The molecule has 0 radical (unpaired) electrons. The zero-order chi connectivity index (χ0) is 14.5. The second-order valence-corrected chi connectivity index (χ2v) is 4.48. The average molecular weight is 270 g/mol. The van der Waals surface area contributed by atoms with Gasteiger partial charge in [0.15, 0.2) is 5.75 Å². The normalized spacial score (nSPS) is 10.1. The Hall–Kier alpha value is -2.49. The highest BCUT2D eigenvalue weighted by molar-refractivity contribution is 6.07. The molecule has 0 aliphatic rings. The summed E-state index contributed by atoms with van der Waals surface area (Å²) in [5.41, 5.74) is 8.63. The lowest BCUT2D eigenvalue weighted by Gasteiger charge is -2.12. The van der Waals surface area contributed by atoms with E-state index in [0.717, 1.165) is 11.3 Å². The molecule has 0 unspecified atom stereocenters. The number of anilines is 2. The zero-order valence-corrected chi connectivity index (χ0v) is 11.6. The van der Waals surface area contributed by atoms with E-state index in [2.05, 4.69) is 5.32 Å². The average Bonchev–Trinajstić information content (AvgIpc) is 2.43. The lowest BCUT2D eigenvalue weighted by atomic mass is 10.1. The third-order valence-corrected chi connectivity index (χ3v) is 2.89. The van der Waals surface area contributed by atoms with E-state index in [1.165, 1.54) is 0 Å². The molecule has 0 saturated carbocycles. The van der Waals surface area contributed by atoms with Gasteiger partial charge in [0.1, 0.15) is 0 Å². The van der Waals surface area contributed by atoms with Crippen LogP contribution in [0.5, 0.6) is 5.75 Å². The molecule has 2 aromatic carbocycles. The Bertz CT molecular complexity index is 606. The molecule has 3 N–H and O–H groups in total. The SMILES string of the molecule is CCOc1c(N)cccc1C(=O)Nc1ccc(C)cc1. The summed E-state index contributed by atoms with van der Waals surface area (Å²) in [5, 5.41) is 2.84. The number of amides is 1. The molecule has 0 saturated heterocycles. The molecule has 2 aromatic rings. The van der Waals surface area contributed by atoms with Crippen molar-refractivity contribution in [3.63, 3.8) is 0 Å². The van der Waals surface area contributed by atoms with Gasteiger partial charge < -0.3 is 15.8 Å². The van der Waals surface area contributed by atoms with Crippen LogP contribution in [0.2, 0.25) is 0 Å². The first kappa shape index (κ1) is 13.9. The number of ether oxygens (including phenoxy) is 1. The van der Waals surface area contributed by atoms with Gasteiger partial charge in [-0.1, -0.05) is 23.8 Å². The van der Waals surface area contributed by atoms with Crippen molar-refractivity contribution in [2.45, 2.75) is 13.8 Å². The van der Waals surface area contributed by atoms with E-state index in [1.807, 2.05) is 38.1 Å². The van der Waals surface area contributed by atoms with Crippen LogP contribution in [0.25, 0.3) is 0 Å². The summed E-state index contributed by atoms with van der Waals surface area (Å²) in [6.45, 7) is 4.31. The molecule has 20 heavy (non-hydrogen) atoms. The lowest BCUT2D eigenvalue weighted by molar-refractivity contribution is 0.102. The molecule has 0 aliphatic heterocycles. The van der Waals surface area contributed by atoms with Crippen LogP contribution in [0.4, 0.5) is 11.4 Å². The Labute approximate surface area is 118 Å². The maximum atomic E-state index is 12.3. The number of para-hydroxylation sites is 1. The monoisotopic (exact) mass is 270 g/mol. The quantitative estimate of drug-likeness (QED) is 0.838. The number of nitrogens with one attached hydrogen (secondary N) is 1. The summed E-state index contributed by atoms with van der Waals surface area (Å²) in [5.74, 6) is 0.198. The fraction of sp³-hybridized carbons (Fsp3) is 0.188. The van der Waals surface area contributed by atoms with Crippen LogP contribution in [0.15, 0.2) is 42.5 Å². The number of carbonyl (C=O) groups is 1. The van der Waals surface area contributed by atoms with Gasteiger partial charge in [-0.15, -0.1) is 0 Å². The molecule has 0 spiro atoms. The third kappa shape index (κ3) is 3.09. The summed E-state index contributed by atoms with van der Waals surface area (Å²) in [7, 11) is 0. The van der Waals surface area contributed by atoms with Crippen LogP contribution in [-0.4, -0.2) is 12.5 Å². The molecule has 0 aromatic heterocycles. The molecular formula is C16H18N2O2. The number of hydrogen-bond acceptors (Lipinski definition) is 3. The van der Waals surface area contributed by atoms with E-state index in [9.17, 15) is 4.79 Å². The van der Waals surface area contributed by atoms with Gasteiger partial charge in [-0.2, -0.15) is 0 Å².